The fourth-order valence-corrected chi connectivity index (χ4v) is 3.27. The van der Waals surface area contributed by atoms with Crippen LogP contribution in [0.15, 0.2) is 78.9 Å². The normalized spacial score (nSPS) is 10.4. The van der Waals surface area contributed by atoms with E-state index in [-0.39, 0.29) is 16.9 Å². The summed E-state index contributed by atoms with van der Waals surface area (Å²) in [5.41, 5.74) is 2.28. The molecule has 0 heterocycles. The molecule has 6 nitrogen and oxygen atoms in total. The van der Waals surface area contributed by atoms with Gasteiger partial charge in [-0.2, -0.15) is 0 Å². The van der Waals surface area contributed by atoms with Crippen molar-refractivity contribution in [1.82, 2.24) is 5.32 Å². The summed E-state index contributed by atoms with van der Waals surface area (Å²) < 4.78 is 5.75. The molecule has 2 N–H and O–H groups in total. The van der Waals surface area contributed by atoms with Gasteiger partial charge in [-0.25, -0.2) is 0 Å². The summed E-state index contributed by atoms with van der Waals surface area (Å²) in [7, 11) is 1.72. The van der Waals surface area contributed by atoms with Gasteiger partial charge >= 0.3 is 0 Å². The summed E-state index contributed by atoms with van der Waals surface area (Å²) >= 11 is 5.32. The minimum Gasteiger partial charge on any atom is -0.492 e. The standard InChI is InChI=1S/C26H27N3O3S/c1-18(2)17-32-23-15-8-7-14-22(23)24(30)28-26(33)27-20-11-9-10-19(16-20)25(31)29(3)21-12-5-4-6-13-21/h4-16,18H,17H2,1-3H3,(H2,27,28,30,33). The molecule has 0 unspecified atom stereocenters. The number of anilines is 2. The Kier molecular flexibility index (Phi) is 8.16. The van der Waals surface area contributed by atoms with Crippen LogP contribution in [0.4, 0.5) is 11.4 Å². The molecule has 0 bridgehead atoms. The van der Waals surface area contributed by atoms with E-state index in [1.165, 1.54) is 0 Å². The Labute approximate surface area is 199 Å². The smallest absolute Gasteiger partial charge is 0.261 e. The fourth-order valence-electron chi connectivity index (χ4n) is 3.06. The van der Waals surface area contributed by atoms with E-state index < -0.39 is 0 Å². The van der Waals surface area contributed by atoms with Gasteiger partial charge in [0.25, 0.3) is 11.8 Å². The molecule has 7 heteroatoms. The number of nitrogens with one attached hydrogen (secondary N) is 2. The van der Waals surface area contributed by atoms with Crippen LogP contribution in [0.1, 0.15) is 34.6 Å². The average Bonchev–Trinajstić information content (AvgIpc) is 2.82. The summed E-state index contributed by atoms with van der Waals surface area (Å²) in [6.45, 7) is 4.58. The zero-order chi connectivity index (χ0) is 23.8. The quantitative estimate of drug-likeness (QED) is 0.478. The highest BCUT2D eigenvalue weighted by Crippen LogP contribution is 2.20. The van der Waals surface area contributed by atoms with Gasteiger partial charge < -0.3 is 15.0 Å². The fraction of sp³-hybridized carbons (Fsp3) is 0.192. The summed E-state index contributed by atoms with van der Waals surface area (Å²) in [4.78, 5) is 27.2. The van der Waals surface area contributed by atoms with Crippen LogP contribution in [0.3, 0.4) is 0 Å². The number of benzene rings is 3. The van der Waals surface area contributed by atoms with Gasteiger partial charge in [0.1, 0.15) is 5.75 Å². The zero-order valence-corrected chi connectivity index (χ0v) is 19.7. The summed E-state index contributed by atoms with van der Waals surface area (Å²) in [5, 5.41) is 5.77. The molecule has 3 aromatic rings. The molecule has 33 heavy (non-hydrogen) atoms. The maximum absolute atomic E-state index is 12.9. The van der Waals surface area contributed by atoms with Crippen LogP contribution in [0, 0.1) is 5.92 Å². The maximum atomic E-state index is 12.9. The second-order valence-corrected chi connectivity index (χ2v) is 8.30. The topological polar surface area (TPSA) is 70.7 Å². The first-order valence-electron chi connectivity index (χ1n) is 10.6. The third-order valence-electron chi connectivity index (χ3n) is 4.75. The number of carbonyl (C=O) groups is 2. The van der Waals surface area contributed by atoms with Crippen molar-refractivity contribution in [3.63, 3.8) is 0 Å². The van der Waals surface area contributed by atoms with E-state index in [0.29, 0.717) is 35.1 Å². The van der Waals surface area contributed by atoms with Crippen LogP contribution >= 0.6 is 12.2 Å². The van der Waals surface area contributed by atoms with Gasteiger partial charge in [-0.1, -0.05) is 50.2 Å². The Bertz CT molecular complexity index is 1130. The van der Waals surface area contributed by atoms with E-state index in [4.69, 9.17) is 17.0 Å². The summed E-state index contributed by atoms with van der Waals surface area (Å²) in [6.07, 6.45) is 0. The molecule has 0 aromatic heterocycles. The molecule has 0 saturated heterocycles. The monoisotopic (exact) mass is 461 g/mol. The average molecular weight is 462 g/mol. The van der Waals surface area contributed by atoms with E-state index in [1.807, 2.05) is 50.2 Å². The molecule has 0 spiro atoms. The second-order valence-electron chi connectivity index (χ2n) is 7.89. The van der Waals surface area contributed by atoms with Gasteiger partial charge in [0.05, 0.1) is 12.2 Å². The van der Waals surface area contributed by atoms with Crippen molar-refractivity contribution in [2.75, 3.05) is 23.9 Å². The lowest BCUT2D eigenvalue weighted by atomic mass is 10.1. The van der Waals surface area contributed by atoms with E-state index >= 15 is 0 Å². The Morgan fingerprint density at radius 1 is 0.970 bits per heavy atom. The third kappa shape index (κ3) is 6.63. The highest BCUT2D eigenvalue weighted by atomic mass is 32.1. The van der Waals surface area contributed by atoms with Gasteiger partial charge in [-0.15, -0.1) is 0 Å². The summed E-state index contributed by atoms with van der Waals surface area (Å²) in [5.74, 6) is 0.307. The number of carbonyl (C=O) groups excluding carboxylic acids is 2. The molecule has 2 amide bonds. The van der Waals surface area contributed by atoms with Crippen molar-refractivity contribution < 1.29 is 14.3 Å². The largest absolute Gasteiger partial charge is 0.492 e. The molecule has 0 fully saturated rings. The molecule has 0 aliphatic carbocycles. The van der Waals surface area contributed by atoms with Crippen molar-refractivity contribution in [2.45, 2.75) is 13.8 Å². The molecule has 0 aliphatic heterocycles. The lowest BCUT2D eigenvalue weighted by molar-refractivity contribution is 0.0970. The van der Waals surface area contributed by atoms with E-state index in [9.17, 15) is 9.59 Å². The molecule has 0 atom stereocenters. The maximum Gasteiger partial charge on any atom is 0.261 e. The van der Waals surface area contributed by atoms with Gasteiger partial charge in [-0.3, -0.25) is 14.9 Å². The summed E-state index contributed by atoms with van der Waals surface area (Å²) in [6, 6.07) is 23.4. The van der Waals surface area contributed by atoms with Crippen molar-refractivity contribution in [1.29, 1.82) is 0 Å². The minimum absolute atomic E-state index is 0.125. The number of para-hydroxylation sites is 2. The Morgan fingerprint density at radius 2 is 1.67 bits per heavy atom. The van der Waals surface area contributed by atoms with Crippen LogP contribution in [-0.2, 0) is 0 Å². The van der Waals surface area contributed by atoms with Crippen molar-refractivity contribution in [3.05, 3.63) is 90.0 Å². The first kappa shape index (κ1) is 23.9. The van der Waals surface area contributed by atoms with Gasteiger partial charge in [0, 0.05) is 24.0 Å². The SMILES string of the molecule is CC(C)COc1ccccc1C(=O)NC(=S)Nc1cccc(C(=O)N(C)c2ccccc2)c1. The van der Waals surface area contributed by atoms with Crippen LogP contribution in [0.2, 0.25) is 0 Å². The third-order valence-corrected chi connectivity index (χ3v) is 4.95. The molecule has 3 rings (SSSR count). The number of hydrogen-bond acceptors (Lipinski definition) is 4. The number of thiocarbonyl (C=S) groups is 1. The lowest BCUT2D eigenvalue weighted by Crippen LogP contribution is -2.34. The predicted octanol–water partition coefficient (Wildman–Crippen LogP) is 5.12. The molecule has 0 saturated carbocycles. The van der Waals surface area contributed by atoms with Crippen LogP contribution in [-0.4, -0.2) is 30.6 Å². The Morgan fingerprint density at radius 3 is 2.39 bits per heavy atom. The highest BCUT2D eigenvalue weighted by Gasteiger charge is 2.16. The van der Waals surface area contributed by atoms with Crippen molar-refractivity contribution in [2.24, 2.45) is 5.92 Å². The molecular weight excluding hydrogens is 434 g/mol. The van der Waals surface area contributed by atoms with Gasteiger partial charge in [0.2, 0.25) is 0 Å². The molecule has 0 radical (unpaired) electrons. The first-order chi connectivity index (χ1) is 15.8. The second kappa shape index (κ2) is 11.2. The molecule has 0 aliphatic rings. The zero-order valence-electron chi connectivity index (χ0n) is 18.9. The molecule has 170 valence electrons. The van der Waals surface area contributed by atoms with E-state index in [1.54, 1.807) is 54.4 Å². The van der Waals surface area contributed by atoms with Crippen LogP contribution < -0.4 is 20.3 Å². The van der Waals surface area contributed by atoms with Gasteiger partial charge in [-0.05, 0) is 60.6 Å². The minimum atomic E-state index is -0.372. The van der Waals surface area contributed by atoms with Crippen molar-refractivity contribution >= 4 is 40.5 Å². The Hall–Kier alpha value is -3.71. The number of ether oxygens (including phenoxy) is 1. The lowest BCUT2D eigenvalue weighted by Gasteiger charge is -2.18. The highest BCUT2D eigenvalue weighted by molar-refractivity contribution is 7.80. The van der Waals surface area contributed by atoms with Crippen LogP contribution in [0.5, 0.6) is 5.75 Å². The number of amides is 2. The Balaban J connectivity index is 1.66. The first-order valence-corrected chi connectivity index (χ1v) is 11.0. The number of rotatable bonds is 7. The van der Waals surface area contributed by atoms with Crippen molar-refractivity contribution in [3.8, 4) is 5.75 Å². The molecule has 3 aromatic carbocycles. The van der Waals surface area contributed by atoms with E-state index in [0.717, 1.165) is 5.69 Å². The van der Waals surface area contributed by atoms with E-state index in [2.05, 4.69) is 10.6 Å². The number of hydrogen-bond donors (Lipinski definition) is 2. The van der Waals surface area contributed by atoms with Crippen LogP contribution in [0.25, 0.3) is 0 Å². The molecular formula is C26H27N3O3S. The number of nitrogens with zero attached hydrogens (tertiary/aromatic N) is 1. The predicted molar refractivity (Wildman–Crippen MR) is 136 cm³/mol. The van der Waals surface area contributed by atoms with Gasteiger partial charge in [0.15, 0.2) is 5.11 Å².